The number of aliphatic hydroxyl groups is 1. The van der Waals surface area contributed by atoms with Gasteiger partial charge in [-0.25, -0.2) is 4.68 Å². The Hall–Kier alpha value is -2.18. The van der Waals surface area contributed by atoms with Crippen LogP contribution in [-0.2, 0) is 4.74 Å². The number of amides is 1. The number of hydrogen-bond acceptors (Lipinski definition) is 4. The Labute approximate surface area is 123 Å². The van der Waals surface area contributed by atoms with E-state index in [1.54, 1.807) is 4.68 Å². The van der Waals surface area contributed by atoms with Gasteiger partial charge in [-0.05, 0) is 19.1 Å². The molecule has 21 heavy (non-hydrogen) atoms. The zero-order chi connectivity index (χ0) is 15.2. The van der Waals surface area contributed by atoms with Gasteiger partial charge in [0, 0.05) is 13.7 Å². The lowest BCUT2D eigenvalue weighted by Crippen LogP contribution is -2.34. The van der Waals surface area contributed by atoms with Gasteiger partial charge in [0.05, 0.1) is 35.9 Å². The normalized spacial score (nSPS) is 12.1. The van der Waals surface area contributed by atoms with Gasteiger partial charge in [-0.15, -0.1) is 0 Å². The highest BCUT2D eigenvalue weighted by Gasteiger charge is 2.15. The Bertz CT molecular complexity index is 595. The second kappa shape index (κ2) is 7.01. The smallest absolute Gasteiger partial charge is 0.254 e. The summed E-state index contributed by atoms with van der Waals surface area (Å²) < 4.78 is 6.52. The Morgan fingerprint density at radius 3 is 2.81 bits per heavy atom. The molecular weight excluding hydrogens is 270 g/mol. The second-order valence-electron chi connectivity index (χ2n) is 4.71. The quantitative estimate of drug-likeness (QED) is 0.829. The third-order valence-electron chi connectivity index (χ3n) is 3.11. The topological polar surface area (TPSA) is 76.4 Å². The monoisotopic (exact) mass is 289 g/mol. The van der Waals surface area contributed by atoms with Crippen LogP contribution < -0.4 is 5.32 Å². The van der Waals surface area contributed by atoms with Gasteiger partial charge in [0.25, 0.3) is 5.91 Å². The predicted octanol–water partition coefficient (Wildman–Crippen LogP) is 0.918. The summed E-state index contributed by atoms with van der Waals surface area (Å²) in [6.45, 7) is 2.16. The van der Waals surface area contributed by atoms with Crippen LogP contribution in [0.5, 0.6) is 0 Å². The van der Waals surface area contributed by atoms with Crippen molar-refractivity contribution in [3.63, 3.8) is 0 Å². The fourth-order valence-electron chi connectivity index (χ4n) is 2.02. The number of rotatable bonds is 6. The molecule has 0 saturated heterocycles. The minimum Gasteiger partial charge on any atom is -0.389 e. The molecule has 1 unspecified atom stereocenters. The molecule has 0 radical (unpaired) electrons. The van der Waals surface area contributed by atoms with E-state index in [1.807, 2.05) is 37.3 Å². The van der Waals surface area contributed by atoms with Crippen LogP contribution in [-0.4, -0.2) is 47.2 Å². The lowest BCUT2D eigenvalue weighted by molar-refractivity contribution is 0.0609. The molecule has 1 aromatic carbocycles. The van der Waals surface area contributed by atoms with Crippen molar-refractivity contribution in [1.82, 2.24) is 15.1 Å². The van der Waals surface area contributed by atoms with Crippen LogP contribution in [0.25, 0.3) is 5.69 Å². The van der Waals surface area contributed by atoms with E-state index in [0.29, 0.717) is 5.56 Å². The number of benzene rings is 1. The maximum absolute atomic E-state index is 12.1. The fourth-order valence-corrected chi connectivity index (χ4v) is 2.02. The van der Waals surface area contributed by atoms with E-state index in [9.17, 15) is 9.90 Å². The number of para-hydroxylation sites is 1. The van der Waals surface area contributed by atoms with Gasteiger partial charge in [-0.2, -0.15) is 5.10 Å². The lowest BCUT2D eigenvalue weighted by Gasteiger charge is -2.10. The molecule has 0 spiro atoms. The standard InChI is InChI=1S/C15H19N3O3/c1-11-14(15(20)16-8-13(19)10-21-2)9-17-18(11)12-6-4-3-5-7-12/h3-7,9,13,19H,8,10H2,1-2H3,(H,16,20). The Kier molecular flexibility index (Phi) is 5.08. The molecule has 0 aliphatic rings. The molecule has 1 atom stereocenters. The van der Waals surface area contributed by atoms with Crippen molar-refractivity contribution >= 4 is 5.91 Å². The van der Waals surface area contributed by atoms with Crippen LogP contribution in [0.1, 0.15) is 16.1 Å². The lowest BCUT2D eigenvalue weighted by atomic mass is 10.2. The van der Waals surface area contributed by atoms with Gasteiger partial charge in [0.2, 0.25) is 0 Å². The van der Waals surface area contributed by atoms with Crippen molar-refractivity contribution in [2.75, 3.05) is 20.3 Å². The highest BCUT2D eigenvalue weighted by molar-refractivity contribution is 5.95. The third-order valence-corrected chi connectivity index (χ3v) is 3.11. The molecule has 2 rings (SSSR count). The maximum Gasteiger partial charge on any atom is 0.254 e. The summed E-state index contributed by atoms with van der Waals surface area (Å²) in [7, 11) is 1.50. The van der Waals surface area contributed by atoms with Crippen LogP contribution in [0.4, 0.5) is 0 Å². The minimum atomic E-state index is -0.719. The van der Waals surface area contributed by atoms with E-state index in [0.717, 1.165) is 11.4 Å². The van der Waals surface area contributed by atoms with Crippen LogP contribution in [0.2, 0.25) is 0 Å². The van der Waals surface area contributed by atoms with Gasteiger partial charge >= 0.3 is 0 Å². The van der Waals surface area contributed by atoms with Gasteiger partial charge in [0.1, 0.15) is 0 Å². The summed E-state index contributed by atoms with van der Waals surface area (Å²) in [5.74, 6) is -0.259. The van der Waals surface area contributed by atoms with E-state index >= 15 is 0 Å². The first kappa shape index (κ1) is 15.2. The zero-order valence-electron chi connectivity index (χ0n) is 12.1. The van der Waals surface area contributed by atoms with Crippen LogP contribution in [0.15, 0.2) is 36.5 Å². The molecule has 1 aromatic heterocycles. The molecular formula is C15H19N3O3. The van der Waals surface area contributed by atoms with Gasteiger partial charge in [-0.3, -0.25) is 4.79 Å². The zero-order valence-corrected chi connectivity index (χ0v) is 12.1. The van der Waals surface area contributed by atoms with E-state index in [2.05, 4.69) is 10.4 Å². The number of aromatic nitrogens is 2. The van der Waals surface area contributed by atoms with Crippen LogP contribution >= 0.6 is 0 Å². The Morgan fingerprint density at radius 1 is 1.43 bits per heavy atom. The second-order valence-corrected chi connectivity index (χ2v) is 4.71. The van der Waals surface area contributed by atoms with Gasteiger partial charge in [0.15, 0.2) is 0 Å². The summed E-state index contributed by atoms with van der Waals surface area (Å²) >= 11 is 0. The minimum absolute atomic E-state index is 0.141. The highest BCUT2D eigenvalue weighted by Crippen LogP contribution is 2.13. The van der Waals surface area contributed by atoms with Crippen molar-refractivity contribution in [2.45, 2.75) is 13.0 Å². The highest BCUT2D eigenvalue weighted by atomic mass is 16.5. The summed E-state index contributed by atoms with van der Waals surface area (Å²) in [6, 6.07) is 9.59. The van der Waals surface area contributed by atoms with Gasteiger partial charge in [-0.1, -0.05) is 18.2 Å². The van der Waals surface area contributed by atoms with E-state index in [1.165, 1.54) is 13.3 Å². The van der Waals surface area contributed by atoms with Crippen LogP contribution in [0, 0.1) is 6.92 Å². The predicted molar refractivity (Wildman–Crippen MR) is 78.5 cm³/mol. The van der Waals surface area contributed by atoms with E-state index in [-0.39, 0.29) is 19.1 Å². The van der Waals surface area contributed by atoms with Crippen molar-refractivity contribution < 1.29 is 14.6 Å². The molecule has 2 N–H and O–H groups in total. The molecule has 112 valence electrons. The molecule has 0 saturated carbocycles. The molecule has 0 aliphatic heterocycles. The Balaban J connectivity index is 2.08. The third kappa shape index (κ3) is 3.68. The maximum atomic E-state index is 12.1. The van der Waals surface area contributed by atoms with Crippen molar-refractivity contribution in [3.8, 4) is 5.69 Å². The van der Waals surface area contributed by atoms with E-state index in [4.69, 9.17) is 4.74 Å². The molecule has 2 aromatic rings. The van der Waals surface area contributed by atoms with Crippen molar-refractivity contribution in [2.24, 2.45) is 0 Å². The first-order valence-electron chi connectivity index (χ1n) is 6.68. The molecule has 0 aliphatic carbocycles. The summed E-state index contributed by atoms with van der Waals surface area (Å²) in [4.78, 5) is 12.1. The SMILES string of the molecule is COCC(O)CNC(=O)c1cnn(-c2ccccc2)c1C. The summed E-state index contributed by atoms with van der Waals surface area (Å²) in [5, 5.41) is 16.4. The number of ether oxygens (including phenoxy) is 1. The Morgan fingerprint density at radius 2 is 2.14 bits per heavy atom. The average molecular weight is 289 g/mol. The summed E-state index contributed by atoms with van der Waals surface area (Å²) in [6.07, 6.45) is 0.809. The molecule has 0 bridgehead atoms. The largest absolute Gasteiger partial charge is 0.389 e. The number of aliphatic hydroxyl groups excluding tert-OH is 1. The van der Waals surface area contributed by atoms with Crippen LogP contribution in [0.3, 0.4) is 0 Å². The van der Waals surface area contributed by atoms with Crippen molar-refractivity contribution in [3.05, 3.63) is 47.8 Å². The van der Waals surface area contributed by atoms with Gasteiger partial charge < -0.3 is 15.2 Å². The number of methoxy groups -OCH3 is 1. The first-order chi connectivity index (χ1) is 10.1. The average Bonchev–Trinajstić information content (AvgIpc) is 2.88. The van der Waals surface area contributed by atoms with Crippen molar-refractivity contribution in [1.29, 1.82) is 0 Å². The molecule has 1 heterocycles. The van der Waals surface area contributed by atoms with E-state index < -0.39 is 6.10 Å². The molecule has 6 nitrogen and oxygen atoms in total. The number of nitrogens with zero attached hydrogens (tertiary/aromatic N) is 2. The number of hydrogen-bond donors (Lipinski definition) is 2. The molecule has 6 heteroatoms. The number of carbonyl (C=O) groups excluding carboxylic acids is 1. The fraction of sp³-hybridized carbons (Fsp3) is 0.333. The number of carbonyl (C=O) groups is 1. The first-order valence-corrected chi connectivity index (χ1v) is 6.68. The summed E-state index contributed by atoms with van der Waals surface area (Å²) in [5.41, 5.74) is 2.14. The molecule has 1 amide bonds. The number of nitrogens with one attached hydrogen (secondary N) is 1. The molecule has 0 fully saturated rings.